The van der Waals surface area contributed by atoms with Gasteiger partial charge in [-0.1, -0.05) is 12.1 Å². The summed E-state index contributed by atoms with van der Waals surface area (Å²) in [6.07, 6.45) is -2.26. The number of nitrogens with zero attached hydrogens (tertiary/aromatic N) is 4. The van der Waals surface area contributed by atoms with E-state index in [1.54, 1.807) is 7.05 Å². The molecule has 1 fully saturated rings. The van der Waals surface area contributed by atoms with E-state index in [-0.39, 0.29) is 36.6 Å². The number of benzene rings is 1. The average molecular weight is 524 g/mol. The first-order valence-corrected chi connectivity index (χ1v) is 9.29. The van der Waals surface area contributed by atoms with Crippen molar-refractivity contribution in [3.63, 3.8) is 0 Å². The number of nitriles is 1. The maximum atomic E-state index is 12.4. The molecule has 2 N–H and O–H groups in total. The molecule has 0 bridgehead atoms. The van der Waals surface area contributed by atoms with Crippen LogP contribution in [0.4, 0.5) is 18.9 Å². The number of halogens is 4. The SMILES string of the molecule is CN=C(NCCN(C)CC(F)(F)F)NC1CCCN(c2ccccc2C#N)C1.I. The second-order valence-electron chi connectivity index (χ2n) is 6.91. The van der Waals surface area contributed by atoms with E-state index in [0.29, 0.717) is 18.1 Å². The van der Waals surface area contributed by atoms with Gasteiger partial charge in [-0.3, -0.25) is 9.89 Å². The zero-order chi connectivity index (χ0) is 20.6. The highest BCUT2D eigenvalue weighted by atomic mass is 127. The van der Waals surface area contributed by atoms with Crippen molar-refractivity contribution >= 4 is 35.6 Å². The van der Waals surface area contributed by atoms with Crippen LogP contribution in [0.2, 0.25) is 0 Å². The lowest BCUT2D eigenvalue weighted by Crippen LogP contribution is -2.52. The first kappa shape index (κ1) is 25.3. The fourth-order valence-electron chi connectivity index (χ4n) is 3.30. The lowest BCUT2D eigenvalue weighted by Gasteiger charge is -2.35. The van der Waals surface area contributed by atoms with Crippen molar-refractivity contribution in [2.75, 3.05) is 51.7 Å². The van der Waals surface area contributed by atoms with Gasteiger partial charge in [-0.2, -0.15) is 18.4 Å². The van der Waals surface area contributed by atoms with Crippen LogP contribution in [0.15, 0.2) is 29.3 Å². The molecule has 162 valence electrons. The molecule has 1 aliphatic heterocycles. The van der Waals surface area contributed by atoms with Crippen LogP contribution in [0, 0.1) is 11.3 Å². The largest absolute Gasteiger partial charge is 0.401 e. The monoisotopic (exact) mass is 524 g/mol. The summed E-state index contributed by atoms with van der Waals surface area (Å²) in [5.74, 6) is 0.570. The number of para-hydroxylation sites is 1. The maximum absolute atomic E-state index is 12.4. The molecule has 0 aliphatic carbocycles. The van der Waals surface area contributed by atoms with Crippen molar-refractivity contribution in [2.45, 2.75) is 25.1 Å². The minimum atomic E-state index is -4.19. The summed E-state index contributed by atoms with van der Waals surface area (Å²) in [7, 11) is 3.08. The van der Waals surface area contributed by atoms with Crippen molar-refractivity contribution in [2.24, 2.45) is 4.99 Å². The summed E-state index contributed by atoms with van der Waals surface area (Å²) in [5.41, 5.74) is 1.58. The van der Waals surface area contributed by atoms with Crippen LogP contribution in [0.3, 0.4) is 0 Å². The molecule has 1 unspecified atom stereocenters. The van der Waals surface area contributed by atoms with Gasteiger partial charge >= 0.3 is 6.18 Å². The van der Waals surface area contributed by atoms with Gasteiger partial charge < -0.3 is 15.5 Å². The standard InChI is InChI=1S/C19H27F3N6.HI/c1-24-18(25-9-11-27(2)14-19(20,21)22)26-16-7-5-10-28(13-16)17-8-4-3-6-15(17)12-23;/h3-4,6,8,16H,5,7,9-11,13-14H2,1-2H3,(H2,24,25,26);1H. The molecule has 1 aromatic rings. The fourth-order valence-corrected chi connectivity index (χ4v) is 3.30. The molecule has 1 aromatic carbocycles. The van der Waals surface area contributed by atoms with Gasteiger partial charge in [-0.15, -0.1) is 24.0 Å². The van der Waals surface area contributed by atoms with Gasteiger partial charge in [-0.25, -0.2) is 0 Å². The number of guanidine groups is 1. The van der Waals surface area contributed by atoms with Crippen molar-refractivity contribution < 1.29 is 13.2 Å². The second-order valence-corrected chi connectivity index (χ2v) is 6.91. The zero-order valence-corrected chi connectivity index (χ0v) is 19.0. The van der Waals surface area contributed by atoms with Crippen LogP contribution in [0.25, 0.3) is 0 Å². The third-order valence-corrected chi connectivity index (χ3v) is 4.59. The van der Waals surface area contributed by atoms with E-state index < -0.39 is 12.7 Å². The van der Waals surface area contributed by atoms with Crippen LogP contribution < -0.4 is 15.5 Å². The molecule has 1 heterocycles. The molecular weight excluding hydrogens is 496 g/mol. The third-order valence-electron chi connectivity index (χ3n) is 4.59. The smallest absolute Gasteiger partial charge is 0.368 e. The molecule has 29 heavy (non-hydrogen) atoms. The Morgan fingerprint density at radius 2 is 2.10 bits per heavy atom. The normalized spacial score (nSPS) is 17.5. The topological polar surface area (TPSA) is 66.7 Å². The van der Waals surface area contributed by atoms with E-state index in [1.165, 1.54) is 11.9 Å². The highest BCUT2D eigenvalue weighted by molar-refractivity contribution is 14.0. The number of hydrogen-bond acceptors (Lipinski definition) is 4. The first-order chi connectivity index (χ1) is 13.3. The highest BCUT2D eigenvalue weighted by Crippen LogP contribution is 2.23. The molecule has 0 amide bonds. The zero-order valence-electron chi connectivity index (χ0n) is 16.7. The Morgan fingerprint density at radius 1 is 1.38 bits per heavy atom. The Morgan fingerprint density at radius 3 is 2.76 bits per heavy atom. The van der Waals surface area contributed by atoms with Crippen LogP contribution in [-0.2, 0) is 0 Å². The Bertz CT molecular complexity index is 704. The average Bonchev–Trinajstić information content (AvgIpc) is 2.66. The number of piperidine rings is 1. The lowest BCUT2D eigenvalue weighted by atomic mass is 10.0. The highest BCUT2D eigenvalue weighted by Gasteiger charge is 2.29. The summed E-state index contributed by atoms with van der Waals surface area (Å²) in [6, 6.07) is 9.90. The predicted molar refractivity (Wildman–Crippen MR) is 120 cm³/mol. The molecule has 0 spiro atoms. The van der Waals surface area contributed by atoms with E-state index in [2.05, 4.69) is 26.6 Å². The molecule has 0 aromatic heterocycles. The summed E-state index contributed by atoms with van der Waals surface area (Å²) in [6.45, 7) is 1.29. The number of nitrogens with one attached hydrogen (secondary N) is 2. The van der Waals surface area contributed by atoms with Gasteiger partial charge in [0.05, 0.1) is 17.8 Å². The van der Waals surface area contributed by atoms with Crippen LogP contribution in [-0.4, -0.2) is 69.9 Å². The Balaban J connectivity index is 0.00000420. The van der Waals surface area contributed by atoms with E-state index in [0.717, 1.165) is 31.6 Å². The molecule has 0 radical (unpaired) electrons. The molecule has 6 nitrogen and oxygen atoms in total. The van der Waals surface area contributed by atoms with Crippen molar-refractivity contribution in [1.82, 2.24) is 15.5 Å². The van der Waals surface area contributed by atoms with E-state index in [4.69, 9.17) is 0 Å². The number of likely N-dealkylation sites (N-methyl/N-ethyl adjacent to an activating group) is 1. The van der Waals surface area contributed by atoms with E-state index in [9.17, 15) is 18.4 Å². The molecule has 1 aliphatic rings. The van der Waals surface area contributed by atoms with Crippen molar-refractivity contribution in [1.29, 1.82) is 5.26 Å². The molecular formula is C19H28F3IN6. The predicted octanol–water partition coefficient (Wildman–Crippen LogP) is 2.80. The summed E-state index contributed by atoms with van der Waals surface area (Å²) in [4.78, 5) is 7.58. The van der Waals surface area contributed by atoms with Crippen LogP contribution in [0.5, 0.6) is 0 Å². The molecule has 10 heteroatoms. The Kier molecular flexibility index (Phi) is 10.5. The van der Waals surface area contributed by atoms with E-state index >= 15 is 0 Å². The van der Waals surface area contributed by atoms with Gasteiger partial charge in [0.25, 0.3) is 0 Å². The summed E-state index contributed by atoms with van der Waals surface area (Å²) < 4.78 is 37.1. The van der Waals surface area contributed by atoms with Gasteiger partial charge in [0.15, 0.2) is 5.96 Å². The van der Waals surface area contributed by atoms with Gasteiger partial charge in [0.2, 0.25) is 0 Å². The minimum absolute atomic E-state index is 0. The van der Waals surface area contributed by atoms with Crippen LogP contribution >= 0.6 is 24.0 Å². The Hall–Kier alpha value is -1.74. The van der Waals surface area contributed by atoms with Crippen molar-refractivity contribution in [3.05, 3.63) is 29.8 Å². The minimum Gasteiger partial charge on any atom is -0.368 e. The first-order valence-electron chi connectivity index (χ1n) is 9.29. The van der Waals surface area contributed by atoms with Gasteiger partial charge in [0.1, 0.15) is 6.07 Å². The van der Waals surface area contributed by atoms with Crippen molar-refractivity contribution in [3.8, 4) is 6.07 Å². The number of hydrogen-bond donors (Lipinski definition) is 2. The summed E-state index contributed by atoms with van der Waals surface area (Å²) >= 11 is 0. The summed E-state index contributed by atoms with van der Waals surface area (Å²) in [5, 5.41) is 15.7. The fraction of sp³-hybridized carbons (Fsp3) is 0.579. The quantitative estimate of drug-likeness (QED) is 0.341. The second kappa shape index (κ2) is 12.1. The van der Waals surface area contributed by atoms with Gasteiger partial charge in [-0.05, 0) is 32.0 Å². The number of alkyl halides is 3. The number of rotatable bonds is 6. The third kappa shape index (κ3) is 8.65. The van der Waals surface area contributed by atoms with E-state index in [1.807, 2.05) is 24.3 Å². The molecule has 0 saturated carbocycles. The lowest BCUT2D eigenvalue weighted by molar-refractivity contribution is -0.142. The number of anilines is 1. The van der Waals surface area contributed by atoms with Gasteiger partial charge in [0, 0.05) is 39.3 Å². The Labute approximate surface area is 187 Å². The maximum Gasteiger partial charge on any atom is 0.401 e. The molecule has 1 atom stereocenters. The molecule has 2 rings (SSSR count). The van der Waals surface area contributed by atoms with Crippen LogP contribution in [0.1, 0.15) is 18.4 Å². The number of aliphatic imine (C=N–C) groups is 1. The molecule has 1 saturated heterocycles.